The Balaban J connectivity index is 1.45. The Bertz CT molecular complexity index is 1130. The van der Waals surface area contributed by atoms with Crippen molar-refractivity contribution in [2.24, 2.45) is 0 Å². The molecule has 1 unspecified atom stereocenters. The van der Waals surface area contributed by atoms with Crippen molar-refractivity contribution in [2.75, 3.05) is 13.1 Å². The van der Waals surface area contributed by atoms with Crippen LogP contribution in [0.2, 0.25) is 0 Å². The van der Waals surface area contributed by atoms with Gasteiger partial charge in [-0.05, 0) is 61.6 Å². The molecule has 3 aromatic rings. The molecule has 7 heteroatoms. The number of carbonyl (C=O) groups excluding carboxylic acids is 1. The number of sulfone groups is 1. The van der Waals surface area contributed by atoms with Crippen molar-refractivity contribution in [1.82, 2.24) is 9.88 Å². The third-order valence-electron chi connectivity index (χ3n) is 5.82. The minimum Gasteiger partial charge on any atom is -0.361 e. The van der Waals surface area contributed by atoms with Crippen molar-refractivity contribution in [3.05, 3.63) is 66.1 Å². The molecule has 2 heterocycles. The summed E-state index contributed by atoms with van der Waals surface area (Å²) in [6, 6.07) is 12.7. The maximum absolute atomic E-state index is 13.1. The van der Waals surface area contributed by atoms with Crippen molar-refractivity contribution < 1.29 is 17.6 Å². The zero-order chi connectivity index (χ0) is 20.6. The number of aromatic nitrogens is 1. The lowest BCUT2D eigenvalue weighted by atomic mass is 9.89. The van der Waals surface area contributed by atoms with Gasteiger partial charge in [-0.25, -0.2) is 12.8 Å². The highest BCUT2D eigenvalue weighted by molar-refractivity contribution is 7.92. The molecule has 1 saturated heterocycles. The Morgan fingerprint density at radius 1 is 1.10 bits per heavy atom. The fourth-order valence-corrected chi connectivity index (χ4v) is 5.40. The van der Waals surface area contributed by atoms with E-state index in [0.29, 0.717) is 19.0 Å². The topological polar surface area (TPSA) is 70.2 Å². The van der Waals surface area contributed by atoms with Gasteiger partial charge in [-0.1, -0.05) is 18.2 Å². The summed E-state index contributed by atoms with van der Waals surface area (Å²) in [5.41, 5.74) is 2.35. The van der Waals surface area contributed by atoms with Crippen LogP contribution < -0.4 is 0 Å². The van der Waals surface area contributed by atoms with Gasteiger partial charge in [0, 0.05) is 30.2 Å². The second-order valence-corrected chi connectivity index (χ2v) is 9.80. The van der Waals surface area contributed by atoms with E-state index in [0.717, 1.165) is 30.5 Å². The van der Waals surface area contributed by atoms with Crippen LogP contribution in [-0.2, 0) is 14.6 Å². The average Bonchev–Trinajstić information content (AvgIpc) is 3.17. The molecular formula is C22H23FN2O3S. The monoisotopic (exact) mass is 414 g/mol. The van der Waals surface area contributed by atoms with Crippen LogP contribution in [0.5, 0.6) is 0 Å². The first-order chi connectivity index (χ1) is 13.9. The molecule has 1 aliphatic heterocycles. The van der Waals surface area contributed by atoms with Gasteiger partial charge >= 0.3 is 0 Å². The normalized spacial score (nSPS) is 16.8. The van der Waals surface area contributed by atoms with Crippen LogP contribution >= 0.6 is 0 Å². The lowest BCUT2D eigenvalue weighted by Gasteiger charge is -2.33. The number of hydrogen-bond acceptors (Lipinski definition) is 3. The molecule has 0 spiro atoms. The number of aromatic amines is 1. The highest BCUT2D eigenvalue weighted by Crippen LogP contribution is 2.33. The smallest absolute Gasteiger partial charge is 0.241 e. The minimum absolute atomic E-state index is 0.0339. The van der Waals surface area contributed by atoms with Gasteiger partial charge in [0.05, 0.1) is 4.90 Å². The van der Waals surface area contributed by atoms with E-state index in [-0.39, 0.29) is 4.90 Å². The van der Waals surface area contributed by atoms with E-state index in [1.54, 1.807) is 4.90 Å². The average molecular weight is 415 g/mol. The first-order valence-electron chi connectivity index (χ1n) is 9.72. The Kier molecular flexibility index (Phi) is 5.17. The van der Waals surface area contributed by atoms with Crippen molar-refractivity contribution in [3.63, 3.8) is 0 Å². The number of amides is 1. The number of benzene rings is 2. The molecule has 1 aliphatic rings. The summed E-state index contributed by atoms with van der Waals surface area (Å²) in [6.07, 6.45) is 3.61. The number of H-pyrrole nitrogens is 1. The SMILES string of the molecule is CC(C(=O)N1CCC(c2c[nH]c3ccccc23)CC1)S(=O)(=O)c1ccc(F)cc1. The third kappa shape index (κ3) is 3.67. The molecule has 0 radical (unpaired) electrons. The summed E-state index contributed by atoms with van der Waals surface area (Å²) in [4.78, 5) is 17.8. The van der Waals surface area contributed by atoms with Crippen molar-refractivity contribution in [1.29, 1.82) is 0 Å². The number of likely N-dealkylation sites (tertiary alicyclic amines) is 1. The zero-order valence-electron chi connectivity index (χ0n) is 16.1. The molecule has 4 rings (SSSR count). The molecular weight excluding hydrogens is 391 g/mol. The van der Waals surface area contributed by atoms with E-state index in [1.165, 1.54) is 30.0 Å². The standard InChI is InChI=1S/C22H23FN2O3S/c1-15(29(27,28)18-8-6-17(23)7-9-18)22(26)25-12-10-16(11-13-25)20-14-24-21-5-3-2-4-19(20)21/h2-9,14-16,24H,10-13H2,1H3. The van der Waals surface area contributed by atoms with Gasteiger partial charge in [-0.15, -0.1) is 0 Å². The van der Waals surface area contributed by atoms with E-state index in [9.17, 15) is 17.6 Å². The number of halogens is 1. The van der Waals surface area contributed by atoms with Crippen molar-refractivity contribution >= 4 is 26.6 Å². The number of carbonyl (C=O) groups is 1. The maximum atomic E-state index is 13.1. The summed E-state index contributed by atoms with van der Waals surface area (Å²) in [5, 5.41) is 0.00197. The molecule has 29 heavy (non-hydrogen) atoms. The first-order valence-corrected chi connectivity index (χ1v) is 11.3. The van der Waals surface area contributed by atoms with Crippen LogP contribution in [0.4, 0.5) is 4.39 Å². The summed E-state index contributed by atoms with van der Waals surface area (Å²) < 4.78 is 38.6. The number of rotatable bonds is 4. The third-order valence-corrected chi connectivity index (χ3v) is 7.88. The summed E-state index contributed by atoms with van der Waals surface area (Å²) in [6.45, 7) is 2.45. The Labute approximate surface area is 169 Å². The lowest BCUT2D eigenvalue weighted by Crippen LogP contribution is -2.45. The summed E-state index contributed by atoms with van der Waals surface area (Å²) in [5.74, 6) is -0.576. The fourth-order valence-electron chi connectivity index (χ4n) is 4.06. The molecule has 2 aromatic carbocycles. The summed E-state index contributed by atoms with van der Waals surface area (Å²) >= 11 is 0. The van der Waals surface area contributed by atoms with E-state index in [1.807, 2.05) is 24.4 Å². The molecule has 152 valence electrons. The minimum atomic E-state index is -3.85. The zero-order valence-corrected chi connectivity index (χ0v) is 17.0. The second-order valence-electron chi connectivity index (χ2n) is 7.53. The fraction of sp³-hybridized carbons (Fsp3) is 0.318. The first kappa shape index (κ1) is 19.6. The quantitative estimate of drug-likeness (QED) is 0.659. The molecule has 1 amide bonds. The summed E-state index contributed by atoms with van der Waals surface area (Å²) in [7, 11) is -3.85. The molecule has 0 saturated carbocycles. The molecule has 1 atom stereocenters. The molecule has 1 N–H and O–H groups in total. The van der Waals surface area contributed by atoms with Gasteiger partial charge in [-0.3, -0.25) is 4.79 Å². The van der Waals surface area contributed by atoms with E-state index >= 15 is 0 Å². The number of fused-ring (bicyclic) bond motifs is 1. The maximum Gasteiger partial charge on any atom is 0.241 e. The number of para-hydroxylation sites is 1. The van der Waals surface area contributed by atoms with Crippen molar-refractivity contribution in [2.45, 2.75) is 35.8 Å². The van der Waals surface area contributed by atoms with Gasteiger partial charge in [0.25, 0.3) is 0 Å². The van der Waals surface area contributed by atoms with E-state index in [2.05, 4.69) is 11.1 Å². The van der Waals surface area contributed by atoms with Crippen molar-refractivity contribution in [3.8, 4) is 0 Å². The van der Waals surface area contributed by atoms with Crippen LogP contribution in [0, 0.1) is 5.82 Å². The predicted molar refractivity (Wildman–Crippen MR) is 110 cm³/mol. The lowest BCUT2D eigenvalue weighted by molar-refractivity contribution is -0.131. The van der Waals surface area contributed by atoms with Crippen LogP contribution in [0.15, 0.2) is 59.6 Å². The second kappa shape index (κ2) is 7.63. The number of piperidine rings is 1. The number of nitrogens with one attached hydrogen (secondary N) is 1. The van der Waals surface area contributed by atoms with Crippen LogP contribution in [0.1, 0.15) is 31.2 Å². The Morgan fingerprint density at radius 3 is 2.45 bits per heavy atom. The van der Waals surface area contributed by atoms with Gasteiger partial charge in [0.1, 0.15) is 11.1 Å². The predicted octanol–water partition coefficient (Wildman–Crippen LogP) is 3.88. The van der Waals surface area contributed by atoms with Crippen LogP contribution in [0.25, 0.3) is 10.9 Å². The Hall–Kier alpha value is -2.67. The highest BCUT2D eigenvalue weighted by Gasteiger charge is 2.35. The van der Waals surface area contributed by atoms with Gasteiger partial charge < -0.3 is 9.88 Å². The number of hydrogen-bond donors (Lipinski definition) is 1. The van der Waals surface area contributed by atoms with Gasteiger partial charge in [-0.2, -0.15) is 0 Å². The molecule has 5 nitrogen and oxygen atoms in total. The van der Waals surface area contributed by atoms with Gasteiger partial charge in [0.15, 0.2) is 9.84 Å². The van der Waals surface area contributed by atoms with E-state index in [4.69, 9.17) is 0 Å². The highest BCUT2D eigenvalue weighted by atomic mass is 32.2. The largest absolute Gasteiger partial charge is 0.361 e. The van der Waals surface area contributed by atoms with E-state index < -0.39 is 26.8 Å². The number of nitrogens with zero attached hydrogens (tertiary/aromatic N) is 1. The van der Waals surface area contributed by atoms with Crippen LogP contribution in [-0.4, -0.2) is 42.5 Å². The van der Waals surface area contributed by atoms with Gasteiger partial charge in [0.2, 0.25) is 5.91 Å². The Morgan fingerprint density at radius 2 is 1.76 bits per heavy atom. The molecule has 1 aromatic heterocycles. The molecule has 1 fully saturated rings. The molecule has 0 bridgehead atoms. The van der Waals surface area contributed by atoms with Crippen LogP contribution in [0.3, 0.4) is 0 Å². The molecule has 0 aliphatic carbocycles.